The minimum Gasteiger partial charge on any atom is -0.301 e. The number of carbonyl (C=O) groups is 1. The predicted molar refractivity (Wildman–Crippen MR) is 25.9 cm³/mol. The van der Waals surface area contributed by atoms with Crippen LogP contribution in [0, 0.1) is 4.91 Å². The minimum atomic E-state index is -0.625. The van der Waals surface area contributed by atoms with Gasteiger partial charge in [0, 0.05) is 0 Å². The smallest absolute Gasteiger partial charge is 0.148 e. The molecule has 0 aromatic heterocycles. The Kier molecular flexibility index (Phi) is 3.10. The molecule has 0 heterocycles. The Bertz CT molecular complexity index is 64.1. The van der Waals surface area contributed by atoms with Crippen LogP contribution in [0.4, 0.5) is 0 Å². The number of nitroso groups, excluding NO2 is 1. The van der Waals surface area contributed by atoms with Crippen LogP contribution in [0.2, 0.25) is 0 Å². The molecule has 0 amide bonds. The van der Waals surface area contributed by atoms with Crippen LogP contribution in [0.25, 0.3) is 0 Å². The van der Waals surface area contributed by atoms with E-state index in [1.165, 1.54) is 0 Å². The van der Waals surface area contributed by atoms with E-state index in [2.05, 4.69) is 5.18 Å². The van der Waals surface area contributed by atoms with Crippen LogP contribution in [-0.4, -0.2) is 12.3 Å². The molecule has 1 unspecified atom stereocenters. The van der Waals surface area contributed by atoms with E-state index in [4.69, 9.17) is 0 Å². The van der Waals surface area contributed by atoms with Gasteiger partial charge in [0.2, 0.25) is 0 Å². The molecule has 0 saturated heterocycles. The number of aldehydes is 1. The van der Waals surface area contributed by atoms with Crippen molar-refractivity contribution < 1.29 is 4.79 Å². The molecule has 0 fully saturated rings. The third kappa shape index (κ3) is 2.03. The summed E-state index contributed by atoms with van der Waals surface area (Å²) in [5, 5.41) is 2.51. The summed E-state index contributed by atoms with van der Waals surface area (Å²) in [5.41, 5.74) is 0. The van der Waals surface area contributed by atoms with Crippen molar-refractivity contribution in [2.24, 2.45) is 5.18 Å². The molecule has 3 heteroatoms. The van der Waals surface area contributed by atoms with Crippen molar-refractivity contribution in [1.29, 1.82) is 0 Å². The summed E-state index contributed by atoms with van der Waals surface area (Å²) in [4.78, 5) is 19.2. The van der Waals surface area contributed by atoms with Crippen LogP contribution in [0.15, 0.2) is 5.18 Å². The standard InChI is InChI=1S/C4H7NO2/c1-2-4(3-6)5-7/h3-4H,2H2,1H3. The van der Waals surface area contributed by atoms with Crippen LogP contribution in [0.3, 0.4) is 0 Å². The lowest BCUT2D eigenvalue weighted by Crippen LogP contribution is -2.00. The lowest BCUT2D eigenvalue weighted by atomic mass is 10.3. The Hall–Kier alpha value is -0.730. The molecule has 0 rings (SSSR count). The molecule has 0 aliphatic rings. The van der Waals surface area contributed by atoms with E-state index in [1.807, 2.05) is 0 Å². The molecule has 0 saturated carbocycles. The first-order valence-corrected chi connectivity index (χ1v) is 2.13. The average Bonchev–Trinajstić information content (AvgIpc) is 1.72. The molecule has 7 heavy (non-hydrogen) atoms. The minimum absolute atomic E-state index is 0.507. The van der Waals surface area contributed by atoms with Gasteiger partial charge in [-0.05, 0) is 6.42 Å². The Morgan fingerprint density at radius 3 is 2.43 bits per heavy atom. The molecule has 0 radical (unpaired) electrons. The monoisotopic (exact) mass is 101 g/mol. The first kappa shape index (κ1) is 6.27. The second-order valence-electron chi connectivity index (χ2n) is 1.22. The van der Waals surface area contributed by atoms with Crippen molar-refractivity contribution >= 4 is 6.29 Å². The lowest BCUT2D eigenvalue weighted by molar-refractivity contribution is -0.108. The normalized spacial score (nSPS) is 12.7. The lowest BCUT2D eigenvalue weighted by Gasteiger charge is -1.87. The van der Waals surface area contributed by atoms with Gasteiger partial charge in [0.15, 0.2) is 0 Å². The first-order valence-electron chi connectivity index (χ1n) is 2.13. The fourth-order valence-corrected chi connectivity index (χ4v) is 0.196. The van der Waals surface area contributed by atoms with Crippen molar-refractivity contribution in [3.63, 3.8) is 0 Å². The zero-order chi connectivity index (χ0) is 5.70. The third-order valence-electron chi connectivity index (χ3n) is 0.711. The van der Waals surface area contributed by atoms with E-state index in [1.54, 1.807) is 6.92 Å². The number of hydrogen-bond acceptors (Lipinski definition) is 3. The molecule has 40 valence electrons. The molecular formula is C4H7NO2. The van der Waals surface area contributed by atoms with Crippen LogP contribution in [-0.2, 0) is 4.79 Å². The highest BCUT2D eigenvalue weighted by molar-refractivity contribution is 5.57. The summed E-state index contributed by atoms with van der Waals surface area (Å²) in [7, 11) is 0. The number of hydrogen-bond donors (Lipinski definition) is 0. The fraction of sp³-hybridized carbons (Fsp3) is 0.750. The van der Waals surface area contributed by atoms with Crippen molar-refractivity contribution in [2.45, 2.75) is 19.4 Å². The van der Waals surface area contributed by atoms with E-state index in [0.29, 0.717) is 12.7 Å². The van der Waals surface area contributed by atoms with Crippen LogP contribution >= 0.6 is 0 Å². The van der Waals surface area contributed by atoms with Gasteiger partial charge in [-0.15, -0.1) is 0 Å². The molecule has 3 nitrogen and oxygen atoms in total. The summed E-state index contributed by atoms with van der Waals surface area (Å²) < 4.78 is 0. The van der Waals surface area contributed by atoms with Crippen LogP contribution in [0.1, 0.15) is 13.3 Å². The summed E-state index contributed by atoms with van der Waals surface area (Å²) in [5.74, 6) is 0. The number of nitrogens with zero attached hydrogens (tertiary/aromatic N) is 1. The maximum Gasteiger partial charge on any atom is 0.148 e. The molecular weight excluding hydrogens is 94.0 g/mol. The van der Waals surface area contributed by atoms with Crippen molar-refractivity contribution in [1.82, 2.24) is 0 Å². The Labute approximate surface area is 41.7 Å². The molecule has 0 N–H and O–H groups in total. The highest BCUT2D eigenvalue weighted by Gasteiger charge is 1.98. The van der Waals surface area contributed by atoms with Gasteiger partial charge in [-0.1, -0.05) is 12.1 Å². The van der Waals surface area contributed by atoms with Crippen LogP contribution in [0.5, 0.6) is 0 Å². The average molecular weight is 101 g/mol. The van der Waals surface area contributed by atoms with Gasteiger partial charge in [-0.25, -0.2) is 0 Å². The van der Waals surface area contributed by atoms with Gasteiger partial charge >= 0.3 is 0 Å². The molecule has 0 aliphatic heterocycles. The quantitative estimate of drug-likeness (QED) is 0.388. The molecule has 0 aromatic carbocycles. The zero-order valence-corrected chi connectivity index (χ0v) is 4.13. The SMILES string of the molecule is CCC(C=O)N=O. The molecule has 0 aliphatic carbocycles. The van der Waals surface area contributed by atoms with Crippen LogP contribution < -0.4 is 0 Å². The van der Waals surface area contributed by atoms with E-state index >= 15 is 0 Å². The maximum absolute atomic E-state index is 9.67. The first-order chi connectivity index (χ1) is 3.35. The van der Waals surface area contributed by atoms with E-state index in [9.17, 15) is 9.70 Å². The summed E-state index contributed by atoms with van der Waals surface area (Å²) in [6.45, 7) is 1.74. The van der Waals surface area contributed by atoms with Crippen molar-refractivity contribution in [2.75, 3.05) is 0 Å². The zero-order valence-electron chi connectivity index (χ0n) is 4.13. The topological polar surface area (TPSA) is 46.5 Å². The Morgan fingerprint density at radius 2 is 2.43 bits per heavy atom. The molecule has 0 spiro atoms. The van der Waals surface area contributed by atoms with Gasteiger partial charge in [0.1, 0.15) is 12.3 Å². The summed E-state index contributed by atoms with van der Waals surface area (Å²) in [6, 6.07) is -0.625. The van der Waals surface area contributed by atoms with E-state index in [0.717, 1.165) is 0 Å². The largest absolute Gasteiger partial charge is 0.301 e. The van der Waals surface area contributed by atoms with Gasteiger partial charge in [-0.3, -0.25) is 0 Å². The predicted octanol–water partition coefficient (Wildman–Crippen LogP) is 0.730. The molecule has 0 aromatic rings. The Morgan fingerprint density at radius 1 is 1.86 bits per heavy atom. The van der Waals surface area contributed by atoms with E-state index < -0.39 is 6.04 Å². The highest BCUT2D eigenvalue weighted by atomic mass is 16.3. The number of carbonyl (C=O) groups excluding carboxylic acids is 1. The molecule has 1 atom stereocenters. The van der Waals surface area contributed by atoms with Gasteiger partial charge in [0.25, 0.3) is 0 Å². The molecule has 0 bridgehead atoms. The summed E-state index contributed by atoms with van der Waals surface area (Å²) >= 11 is 0. The number of rotatable bonds is 3. The van der Waals surface area contributed by atoms with Crippen molar-refractivity contribution in [3.05, 3.63) is 4.91 Å². The second-order valence-corrected chi connectivity index (χ2v) is 1.22. The fourth-order valence-electron chi connectivity index (χ4n) is 0.196. The van der Waals surface area contributed by atoms with Gasteiger partial charge in [0.05, 0.1) is 0 Å². The van der Waals surface area contributed by atoms with Gasteiger partial charge < -0.3 is 4.79 Å². The summed E-state index contributed by atoms with van der Waals surface area (Å²) in [6.07, 6.45) is 1.06. The van der Waals surface area contributed by atoms with Crippen molar-refractivity contribution in [3.8, 4) is 0 Å². The maximum atomic E-state index is 9.67. The van der Waals surface area contributed by atoms with Gasteiger partial charge in [-0.2, -0.15) is 4.91 Å². The Balaban J connectivity index is 3.36. The second kappa shape index (κ2) is 3.46. The highest BCUT2D eigenvalue weighted by Crippen LogP contribution is 1.88. The third-order valence-corrected chi connectivity index (χ3v) is 0.711. The van der Waals surface area contributed by atoms with E-state index in [-0.39, 0.29) is 0 Å².